The van der Waals surface area contributed by atoms with E-state index in [2.05, 4.69) is 5.32 Å². The largest absolute Gasteiger partial charge is 0.398 e. The lowest BCUT2D eigenvalue weighted by atomic mass is 10.1. The Hall–Kier alpha value is -2.04. The van der Waals surface area contributed by atoms with Gasteiger partial charge in [0.1, 0.15) is 0 Å². The van der Waals surface area contributed by atoms with Crippen LogP contribution in [0.2, 0.25) is 5.02 Å². The normalized spacial score (nSPS) is 11.9. The maximum Gasteiger partial charge on any atom is 0.253 e. The van der Waals surface area contributed by atoms with Crippen molar-refractivity contribution in [1.29, 1.82) is 0 Å². The molecule has 21 heavy (non-hydrogen) atoms. The van der Waals surface area contributed by atoms with E-state index < -0.39 is 0 Å². The number of anilines is 1. The second-order valence-electron chi connectivity index (χ2n) is 4.77. The first-order valence-corrected chi connectivity index (χ1v) is 6.98. The molecule has 4 nitrogen and oxygen atoms in total. The third-order valence-corrected chi connectivity index (χ3v) is 3.38. The molecule has 0 unspecified atom stereocenters. The summed E-state index contributed by atoms with van der Waals surface area (Å²) in [5.41, 5.74) is 7.48. The molecule has 2 aromatic carbocycles. The summed E-state index contributed by atoms with van der Waals surface area (Å²) in [6, 6.07) is 14.0. The van der Waals surface area contributed by atoms with E-state index in [9.17, 15) is 9.90 Å². The van der Waals surface area contributed by atoms with E-state index in [-0.39, 0.29) is 18.6 Å². The minimum Gasteiger partial charge on any atom is -0.398 e. The van der Waals surface area contributed by atoms with E-state index in [0.717, 1.165) is 5.56 Å². The fourth-order valence-corrected chi connectivity index (χ4v) is 2.22. The summed E-state index contributed by atoms with van der Waals surface area (Å²) in [4.78, 5) is 12.2. The molecule has 0 aromatic heterocycles. The number of nitrogen functional groups attached to an aromatic ring is 1. The molecule has 1 atom stereocenters. The van der Waals surface area contributed by atoms with Crippen molar-refractivity contribution in [3.63, 3.8) is 0 Å². The number of nitrogens with one attached hydrogen (secondary N) is 1. The van der Waals surface area contributed by atoms with Crippen molar-refractivity contribution in [3.05, 3.63) is 64.7 Å². The standard InChI is InChI=1S/C16H17ClN2O2/c17-12-6-7-15(18)14(9-12)16(21)19-13(10-20)8-11-4-2-1-3-5-11/h1-7,9,13,20H,8,10,18H2,(H,19,21)/t13-/m0/s1. The van der Waals surface area contributed by atoms with Crippen molar-refractivity contribution in [1.82, 2.24) is 5.32 Å². The molecule has 110 valence electrons. The molecule has 0 radical (unpaired) electrons. The lowest BCUT2D eigenvalue weighted by Gasteiger charge is -2.17. The lowest BCUT2D eigenvalue weighted by molar-refractivity contribution is 0.0917. The van der Waals surface area contributed by atoms with Gasteiger partial charge in [0.05, 0.1) is 18.2 Å². The molecular formula is C16H17ClN2O2. The highest BCUT2D eigenvalue weighted by Crippen LogP contribution is 2.18. The van der Waals surface area contributed by atoms with Gasteiger partial charge in [0.2, 0.25) is 0 Å². The molecule has 4 N–H and O–H groups in total. The zero-order chi connectivity index (χ0) is 15.2. The van der Waals surface area contributed by atoms with Gasteiger partial charge < -0.3 is 16.2 Å². The fraction of sp³-hybridized carbons (Fsp3) is 0.188. The summed E-state index contributed by atoms with van der Waals surface area (Å²) >= 11 is 5.88. The summed E-state index contributed by atoms with van der Waals surface area (Å²) in [5.74, 6) is -0.343. The predicted molar refractivity (Wildman–Crippen MR) is 84.4 cm³/mol. The summed E-state index contributed by atoms with van der Waals surface area (Å²) < 4.78 is 0. The van der Waals surface area contributed by atoms with Crippen LogP contribution in [-0.2, 0) is 6.42 Å². The minimum absolute atomic E-state index is 0.152. The van der Waals surface area contributed by atoms with E-state index in [0.29, 0.717) is 22.7 Å². The first kappa shape index (κ1) is 15.4. The third kappa shape index (κ3) is 4.21. The Bertz CT molecular complexity index is 617. The van der Waals surface area contributed by atoms with Crippen molar-refractivity contribution in [2.24, 2.45) is 0 Å². The second-order valence-corrected chi connectivity index (χ2v) is 5.21. The topological polar surface area (TPSA) is 75.4 Å². The van der Waals surface area contributed by atoms with Crippen LogP contribution in [0.25, 0.3) is 0 Å². The molecule has 1 amide bonds. The average molecular weight is 305 g/mol. The first-order chi connectivity index (χ1) is 10.1. The van der Waals surface area contributed by atoms with E-state index in [4.69, 9.17) is 17.3 Å². The Morgan fingerprint density at radius 2 is 1.95 bits per heavy atom. The van der Waals surface area contributed by atoms with Crippen LogP contribution in [-0.4, -0.2) is 23.7 Å². The van der Waals surface area contributed by atoms with E-state index in [1.807, 2.05) is 30.3 Å². The summed E-state index contributed by atoms with van der Waals surface area (Å²) in [6.07, 6.45) is 0.545. The Morgan fingerprint density at radius 3 is 2.62 bits per heavy atom. The molecule has 0 bridgehead atoms. The molecule has 0 aliphatic heterocycles. The number of hydrogen-bond acceptors (Lipinski definition) is 3. The predicted octanol–water partition coefficient (Wildman–Crippen LogP) is 2.26. The lowest BCUT2D eigenvalue weighted by Crippen LogP contribution is -2.39. The van der Waals surface area contributed by atoms with Gasteiger partial charge in [0.25, 0.3) is 5.91 Å². The molecular weight excluding hydrogens is 288 g/mol. The molecule has 0 saturated heterocycles. The molecule has 0 aliphatic carbocycles. The molecule has 2 aromatic rings. The van der Waals surface area contributed by atoms with Gasteiger partial charge in [-0.3, -0.25) is 4.79 Å². The zero-order valence-electron chi connectivity index (χ0n) is 11.4. The van der Waals surface area contributed by atoms with Gasteiger partial charge >= 0.3 is 0 Å². The maximum atomic E-state index is 12.2. The van der Waals surface area contributed by atoms with Gasteiger partial charge in [-0.05, 0) is 30.2 Å². The molecule has 5 heteroatoms. The number of aliphatic hydroxyl groups excluding tert-OH is 1. The van der Waals surface area contributed by atoms with Crippen LogP contribution in [0.4, 0.5) is 5.69 Å². The van der Waals surface area contributed by atoms with Crippen molar-refractivity contribution in [2.75, 3.05) is 12.3 Å². The highest BCUT2D eigenvalue weighted by molar-refractivity contribution is 6.31. The van der Waals surface area contributed by atoms with Gasteiger partial charge in [-0.2, -0.15) is 0 Å². The van der Waals surface area contributed by atoms with E-state index in [1.54, 1.807) is 12.1 Å². The van der Waals surface area contributed by atoms with Gasteiger partial charge in [-0.25, -0.2) is 0 Å². The van der Waals surface area contributed by atoms with Crippen LogP contribution in [0.15, 0.2) is 48.5 Å². The number of hydrogen-bond donors (Lipinski definition) is 3. The smallest absolute Gasteiger partial charge is 0.253 e. The van der Waals surface area contributed by atoms with Crippen molar-refractivity contribution in [2.45, 2.75) is 12.5 Å². The van der Waals surface area contributed by atoms with Crippen LogP contribution < -0.4 is 11.1 Å². The number of aliphatic hydroxyl groups is 1. The van der Waals surface area contributed by atoms with E-state index in [1.165, 1.54) is 6.07 Å². The Kier molecular flexibility index (Phi) is 5.20. The number of halogens is 1. The highest BCUT2D eigenvalue weighted by atomic mass is 35.5. The molecule has 0 saturated carbocycles. The number of benzene rings is 2. The Balaban J connectivity index is 2.07. The monoisotopic (exact) mass is 304 g/mol. The number of rotatable bonds is 5. The van der Waals surface area contributed by atoms with Gasteiger partial charge in [0.15, 0.2) is 0 Å². The summed E-state index contributed by atoms with van der Waals surface area (Å²) in [6.45, 7) is -0.152. The van der Waals surface area contributed by atoms with Crippen LogP contribution in [0, 0.1) is 0 Å². The molecule has 0 spiro atoms. The van der Waals surface area contributed by atoms with Crippen molar-refractivity contribution >= 4 is 23.2 Å². The van der Waals surface area contributed by atoms with Gasteiger partial charge in [0, 0.05) is 10.7 Å². The number of amides is 1. The van der Waals surface area contributed by atoms with Crippen LogP contribution in [0.1, 0.15) is 15.9 Å². The molecule has 2 rings (SSSR count). The number of carbonyl (C=O) groups is 1. The maximum absolute atomic E-state index is 12.2. The SMILES string of the molecule is Nc1ccc(Cl)cc1C(=O)N[C@H](CO)Cc1ccccc1. The molecule has 0 aliphatic rings. The number of nitrogens with two attached hydrogens (primary N) is 1. The Labute approximate surface area is 128 Å². The third-order valence-electron chi connectivity index (χ3n) is 3.14. The van der Waals surface area contributed by atoms with E-state index >= 15 is 0 Å². The first-order valence-electron chi connectivity index (χ1n) is 6.61. The second kappa shape index (κ2) is 7.11. The number of carbonyl (C=O) groups excluding carboxylic acids is 1. The summed E-state index contributed by atoms with van der Waals surface area (Å²) in [7, 11) is 0. The zero-order valence-corrected chi connectivity index (χ0v) is 12.2. The summed E-state index contributed by atoms with van der Waals surface area (Å²) in [5, 5.41) is 12.6. The van der Waals surface area contributed by atoms with Crippen LogP contribution in [0.3, 0.4) is 0 Å². The quantitative estimate of drug-likeness (QED) is 0.742. The van der Waals surface area contributed by atoms with Crippen LogP contribution in [0.5, 0.6) is 0 Å². The van der Waals surface area contributed by atoms with Gasteiger partial charge in [-0.1, -0.05) is 41.9 Å². The minimum atomic E-state index is -0.377. The Morgan fingerprint density at radius 1 is 1.24 bits per heavy atom. The van der Waals surface area contributed by atoms with Crippen molar-refractivity contribution in [3.8, 4) is 0 Å². The fourth-order valence-electron chi connectivity index (χ4n) is 2.05. The molecule has 0 heterocycles. The van der Waals surface area contributed by atoms with Crippen molar-refractivity contribution < 1.29 is 9.90 Å². The van der Waals surface area contributed by atoms with Crippen LogP contribution >= 0.6 is 11.6 Å². The van der Waals surface area contributed by atoms with Gasteiger partial charge in [-0.15, -0.1) is 0 Å². The average Bonchev–Trinajstić information content (AvgIpc) is 2.50. The molecule has 0 fully saturated rings. The highest BCUT2D eigenvalue weighted by Gasteiger charge is 2.16.